The summed E-state index contributed by atoms with van der Waals surface area (Å²) in [6.07, 6.45) is 5.61. The predicted octanol–water partition coefficient (Wildman–Crippen LogP) is 4.41. The standard InChI is InChI=1S/C24H24F2N4O2/c1-14(32-21-5-4-16(25)10-18(21)26)23(31)30-20-12-24(2,3)11-19-17(20)13-28-22(29-19)15-6-8-27-9-7-15/h4-10,13-14,20H,11-12H2,1-3H3,(H,30,31)/t14-,20+/m0/s1. The Morgan fingerprint density at radius 3 is 2.69 bits per heavy atom. The van der Waals surface area contributed by atoms with Crippen LogP contribution in [0, 0.1) is 17.0 Å². The third kappa shape index (κ3) is 4.74. The summed E-state index contributed by atoms with van der Waals surface area (Å²) >= 11 is 0. The van der Waals surface area contributed by atoms with E-state index in [4.69, 9.17) is 9.72 Å². The molecule has 2 heterocycles. The van der Waals surface area contributed by atoms with Gasteiger partial charge in [-0.1, -0.05) is 13.8 Å². The molecular formula is C24H24F2N4O2. The lowest BCUT2D eigenvalue weighted by Gasteiger charge is -2.37. The van der Waals surface area contributed by atoms with Crippen LogP contribution in [0.5, 0.6) is 5.75 Å². The Balaban J connectivity index is 1.54. The summed E-state index contributed by atoms with van der Waals surface area (Å²) in [7, 11) is 0. The molecule has 0 fully saturated rings. The number of nitrogens with one attached hydrogen (secondary N) is 1. The normalized spacial score (nSPS) is 17.8. The van der Waals surface area contributed by atoms with Crippen molar-refractivity contribution in [1.29, 1.82) is 0 Å². The van der Waals surface area contributed by atoms with Gasteiger partial charge in [-0.15, -0.1) is 0 Å². The fourth-order valence-electron chi connectivity index (χ4n) is 3.92. The quantitative estimate of drug-likeness (QED) is 0.638. The minimum atomic E-state index is -0.972. The van der Waals surface area contributed by atoms with Gasteiger partial charge in [0, 0.05) is 35.8 Å². The van der Waals surface area contributed by atoms with Crippen LogP contribution in [0.2, 0.25) is 0 Å². The zero-order chi connectivity index (χ0) is 22.9. The highest BCUT2D eigenvalue weighted by atomic mass is 19.1. The monoisotopic (exact) mass is 438 g/mol. The van der Waals surface area contributed by atoms with Crippen molar-refractivity contribution in [3.05, 3.63) is 71.8 Å². The second kappa shape index (κ2) is 8.61. The first-order valence-corrected chi connectivity index (χ1v) is 10.4. The van der Waals surface area contributed by atoms with Crippen LogP contribution in [0.1, 0.15) is 44.5 Å². The fraction of sp³-hybridized carbons (Fsp3) is 0.333. The molecule has 1 aromatic carbocycles. The first-order chi connectivity index (χ1) is 15.2. The number of fused-ring (bicyclic) bond motifs is 1. The highest BCUT2D eigenvalue weighted by Gasteiger charge is 2.35. The number of pyridine rings is 1. The Morgan fingerprint density at radius 1 is 1.22 bits per heavy atom. The van der Waals surface area contributed by atoms with E-state index in [2.05, 4.69) is 29.1 Å². The number of aromatic nitrogens is 3. The maximum Gasteiger partial charge on any atom is 0.261 e. The summed E-state index contributed by atoms with van der Waals surface area (Å²) < 4.78 is 32.4. The first-order valence-electron chi connectivity index (χ1n) is 10.4. The van der Waals surface area contributed by atoms with E-state index < -0.39 is 23.6 Å². The number of ether oxygens (including phenoxy) is 1. The highest BCUT2D eigenvalue weighted by molar-refractivity contribution is 5.81. The van der Waals surface area contributed by atoms with Crippen LogP contribution >= 0.6 is 0 Å². The van der Waals surface area contributed by atoms with Crippen molar-refractivity contribution in [1.82, 2.24) is 20.3 Å². The van der Waals surface area contributed by atoms with Gasteiger partial charge in [0.1, 0.15) is 5.82 Å². The van der Waals surface area contributed by atoms with E-state index in [0.29, 0.717) is 12.2 Å². The van der Waals surface area contributed by atoms with Crippen LogP contribution in [0.3, 0.4) is 0 Å². The van der Waals surface area contributed by atoms with Gasteiger partial charge in [-0.3, -0.25) is 9.78 Å². The second-order valence-corrected chi connectivity index (χ2v) is 8.77. The number of hydrogen-bond donors (Lipinski definition) is 1. The molecule has 0 spiro atoms. The molecule has 0 saturated heterocycles. The van der Waals surface area contributed by atoms with Crippen LogP contribution in [-0.2, 0) is 11.2 Å². The number of rotatable bonds is 5. The van der Waals surface area contributed by atoms with Gasteiger partial charge in [0.2, 0.25) is 0 Å². The Bertz CT molecular complexity index is 1140. The molecule has 1 amide bonds. The third-order valence-electron chi connectivity index (χ3n) is 5.50. The molecule has 4 rings (SSSR count). The van der Waals surface area contributed by atoms with Crippen molar-refractivity contribution in [3.63, 3.8) is 0 Å². The van der Waals surface area contributed by atoms with Gasteiger partial charge in [0.15, 0.2) is 23.5 Å². The SMILES string of the molecule is C[C@H](Oc1ccc(F)cc1F)C(=O)N[C@@H]1CC(C)(C)Cc2nc(-c3ccncc3)ncc21. The Labute approximate surface area is 185 Å². The number of carbonyl (C=O) groups is 1. The highest BCUT2D eigenvalue weighted by Crippen LogP contribution is 2.40. The molecule has 32 heavy (non-hydrogen) atoms. The molecule has 0 unspecified atom stereocenters. The number of carbonyl (C=O) groups excluding carboxylic acids is 1. The topological polar surface area (TPSA) is 77.0 Å². The molecule has 3 aromatic rings. The number of nitrogens with zero attached hydrogens (tertiary/aromatic N) is 3. The predicted molar refractivity (Wildman–Crippen MR) is 115 cm³/mol. The molecule has 2 atom stereocenters. The molecule has 6 nitrogen and oxygen atoms in total. The van der Waals surface area contributed by atoms with E-state index >= 15 is 0 Å². The van der Waals surface area contributed by atoms with Crippen molar-refractivity contribution in [2.24, 2.45) is 5.41 Å². The summed E-state index contributed by atoms with van der Waals surface area (Å²) in [6.45, 7) is 5.77. The van der Waals surface area contributed by atoms with Gasteiger partial charge in [0.05, 0.1) is 11.7 Å². The van der Waals surface area contributed by atoms with Crippen molar-refractivity contribution in [2.75, 3.05) is 0 Å². The molecule has 0 radical (unpaired) electrons. The molecule has 0 saturated carbocycles. The van der Waals surface area contributed by atoms with Gasteiger partial charge in [-0.2, -0.15) is 0 Å². The maximum atomic E-state index is 13.9. The van der Waals surface area contributed by atoms with Crippen molar-refractivity contribution >= 4 is 5.91 Å². The third-order valence-corrected chi connectivity index (χ3v) is 5.50. The van der Waals surface area contributed by atoms with E-state index in [-0.39, 0.29) is 17.2 Å². The summed E-state index contributed by atoms with van der Waals surface area (Å²) in [5.41, 5.74) is 2.51. The molecule has 1 aliphatic carbocycles. The van der Waals surface area contributed by atoms with E-state index in [0.717, 1.165) is 35.4 Å². The Morgan fingerprint density at radius 2 is 1.97 bits per heavy atom. The summed E-state index contributed by atoms with van der Waals surface area (Å²) in [6, 6.07) is 6.36. The van der Waals surface area contributed by atoms with Gasteiger partial charge in [-0.25, -0.2) is 18.7 Å². The van der Waals surface area contributed by atoms with Crippen LogP contribution in [0.25, 0.3) is 11.4 Å². The van der Waals surface area contributed by atoms with E-state index in [1.807, 2.05) is 12.1 Å². The molecule has 166 valence electrons. The molecule has 2 aromatic heterocycles. The largest absolute Gasteiger partial charge is 0.478 e. The summed E-state index contributed by atoms with van der Waals surface area (Å²) in [5.74, 6) is -1.54. The average Bonchev–Trinajstić information content (AvgIpc) is 2.75. The van der Waals surface area contributed by atoms with Gasteiger partial charge in [0.25, 0.3) is 5.91 Å². The second-order valence-electron chi connectivity index (χ2n) is 8.77. The zero-order valence-corrected chi connectivity index (χ0v) is 18.1. The number of amides is 1. The summed E-state index contributed by atoms with van der Waals surface area (Å²) in [5, 5.41) is 2.99. The number of halogens is 2. The van der Waals surface area contributed by atoms with Crippen LogP contribution in [0.4, 0.5) is 8.78 Å². The van der Waals surface area contributed by atoms with Gasteiger partial charge in [-0.05, 0) is 49.4 Å². The molecule has 8 heteroatoms. The van der Waals surface area contributed by atoms with Crippen LogP contribution < -0.4 is 10.1 Å². The Kier molecular flexibility index (Phi) is 5.86. The number of benzene rings is 1. The lowest BCUT2D eigenvalue weighted by molar-refractivity contribution is -0.128. The van der Waals surface area contributed by atoms with Crippen molar-refractivity contribution in [2.45, 2.75) is 45.8 Å². The fourth-order valence-corrected chi connectivity index (χ4v) is 3.92. The minimum Gasteiger partial charge on any atom is -0.478 e. The van der Waals surface area contributed by atoms with Crippen LogP contribution in [-0.4, -0.2) is 27.0 Å². The molecular weight excluding hydrogens is 414 g/mol. The average molecular weight is 438 g/mol. The van der Waals surface area contributed by atoms with Crippen molar-refractivity contribution in [3.8, 4) is 17.1 Å². The number of hydrogen-bond acceptors (Lipinski definition) is 5. The Hall–Kier alpha value is -3.42. The summed E-state index contributed by atoms with van der Waals surface area (Å²) in [4.78, 5) is 26.1. The lowest BCUT2D eigenvalue weighted by Crippen LogP contribution is -2.42. The van der Waals surface area contributed by atoms with Crippen molar-refractivity contribution < 1.29 is 18.3 Å². The smallest absolute Gasteiger partial charge is 0.261 e. The molecule has 0 bridgehead atoms. The van der Waals surface area contributed by atoms with Gasteiger partial charge >= 0.3 is 0 Å². The van der Waals surface area contributed by atoms with Gasteiger partial charge < -0.3 is 10.1 Å². The minimum absolute atomic E-state index is 0.0953. The van der Waals surface area contributed by atoms with Crippen LogP contribution in [0.15, 0.2) is 48.9 Å². The molecule has 1 N–H and O–H groups in total. The maximum absolute atomic E-state index is 13.9. The lowest BCUT2D eigenvalue weighted by atomic mass is 9.74. The van der Waals surface area contributed by atoms with E-state index in [9.17, 15) is 13.6 Å². The molecule has 1 aliphatic rings. The molecule has 0 aliphatic heterocycles. The van der Waals surface area contributed by atoms with E-state index in [1.165, 1.54) is 13.0 Å². The van der Waals surface area contributed by atoms with E-state index in [1.54, 1.807) is 18.6 Å². The first kappa shape index (κ1) is 21.8. The zero-order valence-electron chi connectivity index (χ0n) is 18.1.